The van der Waals surface area contributed by atoms with Crippen LogP contribution in [0.2, 0.25) is 10.2 Å². The molecule has 0 N–H and O–H groups in total. The van der Waals surface area contributed by atoms with Gasteiger partial charge in [-0.2, -0.15) is 0 Å². The quantitative estimate of drug-likeness (QED) is 0.717. The van der Waals surface area contributed by atoms with Crippen molar-refractivity contribution in [1.82, 2.24) is 13.9 Å². The summed E-state index contributed by atoms with van der Waals surface area (Å²) in [4.78, 5) is 8.17. The summed E-state index contributed by atoms with van der Waals surface area (Å²) >= 11 is 11.8. The fourth-order valence-corrected chi connectivity index (χ4v) is 3.64. The normalized spacial score (nSPS) is 12.0. The molecule has 0 atom stereocenters. The van der Waals surface area contributed by atoms with Crippen LogP contribution >= 0.6 is 23.2 Å². The van der Waals surface area contributed by atoms with Crippen LogP contribution in [0.25, 0.3) is 11.2 Å². The molecule has 0 amide bonds. The molecule has 108 valence electrons. The van der Waals surface area contributed by atoms with Crippen LogP contribution in [0.5, 0.6) is 0 Å². The Bertz CT molecular complexity index is 934. The highest BCUT2D eigenvalue weighted by Gasteiger charge is 2.22. The predicted molar refractivity (Wildman–Crippen MR) is 81.3 cm³/mol. The van der Waals surface area contributed by atoms with Crippen LogP contribution in [-0.4, -0.2) is 22.4 Å². The van der Waals surface area contributed by atoms with Crippen LogP contribution in [0.4, 0.5) is 0 Å². The Hall–Kier alpha value is -1.63. The third-order valence-corrected chi connectivity index (χ3v) is 5.09. The van der Waals surface area contributed by atoms with Gasteiger partial charge in [-0.05, 0) is 19.1 Å². The summed E-state index contributed by atoms with van der Waals surface area (Å²) in [7, 11) is -3.79. The zero-order chi connectivity index (χ0) is 15.2. The van der Waals surface area contributed by atoms with E-state index in [1.807, 2.05) is 6.92 Å². The number of halogens is 2. The number of aryl methyl sites for hydroxylation is 1. The van der Waals surface area contributed by atoms with Gasteiger partial charge in [-0.1, -0.05) is 40.9 Å². The molecule has 0 aliphatic carbocycles. The van der Waals surface area contributed by atoms with Gasteiger partial charge in [0.25, 0.3) is 10.0 Å². The van der Waals surface area contributed by atoms with Gasteiger partial charge in [0.05, 0.1) is 16.1 Å². The second kappa shape index (κ2) is 4.98. The predicted octanol–water partition coefficient (Wildman–Crippen LogP) is 3.28. The number of rotatable bonds is 2. The van der Waals surface area contributed by atoms with Crippen LogP contribution in [0.1, 0.15) is 5.56 Å². The van der Waals surface area contributed by atoms with Gasteiger partial charge in [-0.3, -0.25) is 0 Å². The number of hydrogen-bond acceptors (Lipinski definition) is 4. The lowest BCUT2D eigenvalue weighted by Crippen LogP contribution is -2.12. The van der Waals surface area contributed by atoms with Crippen molar-refractivity contribution in [1.29, 1.82) is 0 Å². The van der Waals surface area contributed by atoms with Gasteiger partial charge in [0.1, 0.15) is 10.7 Å². The van der Waals surface area contributed by atoms with E-state index in [1.54, 1.807) is 12.1 Å². The molecule has 0 fully saturated rings. The van der Waals surface area contributed by atoms with Crippen molar-refractivity contribution in [2.24, 2.45) is 0 Å². The molecule has 0 bridgehead atoms. The van der Waals surface area contributed by atoms with Gasteiger partial charge in [0.15, 0.2) is 5.65 Å². The standard InChI is InChI=1S/C13H9Cl2N3O2S/c1-8-2-4-9(5-3-8)21(19,20)18-7-10(14)12-13(18)16-6-11(15)17-12/h2-7H,1H3. The van der Waals surface area contributed by atoms with Crippen LogP contribution in [-0.2, 0) is 10.0 Å². The van der Waals surface area contributed by atoms with Crippen LogP contribution in [0.15, 0.2) is 41.6 Å². The number of fused-ring (bicyclic) bond motifs is 1. The maximum atomic E-state index is 12.7. The van der Waals surface area contributed by atoms with Gasteiger partial charge >= 0.3 is 0 Å². The Morgan fingerprint density at radius 3 is 2.48 bits per heavy atom. The Labute approximate surface area is 131 Å². The van der Waals surface area contributed by atoms with Crippen molar-refractivity contribution in [2.45, 2.75) is 11.8 Å². The molecule has 2 aromatic heterocycles. The van der Waals surface area contributed by atoms with Crippen LogP contribution in [0.3, 0.4) is 0 Å². The van der Waals surface area contributed by atoms with Crippen molar-refractivity contribution in [2.75, 3.05) is 0 Å². The fraction of sp³-hybridized carbons (Fsp3) is 0.0769. The molecule has 8 heteroatoms. The molecule has 0 spiro atoms. The first kappa shape index (κ1) is 14.3. The number of nitrogens with zero attached hydrogens (tertiary/aromatic N) is 3. The second-order valence-corrected chi connectivity index (χ2v) is 7.07. The third kappa shape index (κ3) is 2.39. The SMILES string of the molecule is Cc1ccc(S(=O)(=O)n2cc(Cl)c3nc(Cl)cnc32)cc1. The highest BCUT2D eigenvalue weighted by atomic mass is 35.5. The minimum absolute atomic E-state index is 0.143. The molecule has 1 aromatic carbocycles. The molecule has 0 aliphatic rings. The molecule has 0 unspecified atom stereocenters. The van der Waals surface area contributed by atoms with Gasteiger partial charge in [0, 0.05) is 6.20 Å². The number of aromatic nitrogens is 3. The van der Waals surface area contributed by atoms with Crippen molar-refractivity contribution in [3.63, 3.8) is 0 Å². The Balaban J connectivity index is 2.26. The van der Waals surface area contributed by atoms with Gasteiger partial charge in [0.2, 0.25) is 0 Å². The summed E-state index contributed by atoms with van der Waals surface area (Å²) in [5.74, 6) is 0. The van der Waals surface area contributed by atoms with E-state index in [-0.39, 0.29) is 26.2 Å². The summed E-state index contributed by atoms with van der Waals surface area (Å²) in [5.41, 5.74) is 1.36. The zero-order valence-electron chi connectivity index (χ0n) is 10.8. The fourth-order valence-electron chi connectivity index (χ4n) is 1.91. The molecule has 0 saturated heterocycles. The highest BCUT2D eigenvalue weighted by molar-refractivity contribution is 7.90. The molecule has 21 heavy (non-hydrogen) atoms. The molecular weight excluding hydrogens is 333 g/mol. The van der Waals surface area contributed by atoms with Gasteiger partial charge < -0.3 is 0 Å². The first-order valence-corrected chi connectivity index (χ1v) is 8.10. The summed E-state index contributed by atoms with van der Waals surface area (Å²) in [5, 5.41) is 0.325. The molecule has 3 rings (SSSR count). The average Bonchev–Trinajstić information content (AvgIpc) is 2.77. The van der Waals surface area contributed by atoms with E-state index in [9.17, 15) is 8.42 Å². The van der Waals surface area contributed by atoms with E-state index in [0.717, 1.165) is 9.54 Å². The molecule has 0 radical (unpaired) electrons. The topological polar surface area (TPSA) is 64.8 Å². The van der Waals surface area contributed by atoms with Crippen LogP contribution < -0.4 is 0 Å². The number of hydrogen-bond donors (Lipinski definition) is 0. The lowest BCUT2D eigenvalue weighted by atomic mass is 10.2. The average molecular weight is 342 g/mol. The minimum Gasteiger partial charge on any atom is -0.233 e. The largest absolute Gasteiger partial charge is 0.269 e. The Morgan fingerprint density at radius 1 is 1.14 bits per heavy atom. The molecule has 3 aromatic rings. The lowest BCUT2D eigenvalue weighted by Gasteiger charge is -2.06. The zero-order valence-corrected chi connectivity index (χ0v) is 13.1. The molecule has 0 saturated carbocycles. The highest BCUT2D eigenvalue weighted by Crippen LogP contribution is 2.27. The van der Waals surface area contributed by atoms with Gasteiger partial charge in [-0.25, -0.2) is 22.4 Å². The molecule has 0 aliphatic heterocycles. The summed E-state index contributed by atoms with van der Waals surface area (Å²) < 4.78 is 26.3. The van der Waals surface area contributed by atoms with Crippen molar-refractivity contribution < 1.29 is 8.42 Å². The van der Waals surface area contributed by atoms with E-state index in [0.29, 0.717) is 0 Å². The summed E-state index contributed by atoms with van der Waals surface area (Å²) in [6.45, 7) is 1.88. The second-order valence-electron chi connectivity index (χ2n) is 4.46. The van der Waals surface area contributed by atoms with E-state index in [4.69, 9.17) is 23.2 Å². The van der Waals surface area contributed by atoms with Gasteiger partial charge in [-0.15, -0.1) is 0 Å². The first-order chi connectivity index (χ1) is 9.89. The van der Waals surface area contributed by atoms with Crippen molar-refractivity contribution in [3.8, 4) is 0 Å². The molecule has 5 nitrogen and oxygen atoms in total. The lowest BCUT2D eigenvalue weighted by molar-refractivity contribution is 0.588. The number of benzene rings is 1. The summed E-state index contributed by atoms with van der Waals surface area (Å²) in [6, 6.07) is 6.52. The first-order valence-electron chi connectivity index (χ1n) is 5.91. The maximum Gasteiger partial charge on any atom is 0.269 e. The van der Waals surface area contributed by atoms with E-state index in [1.165, 1.54) is 24.5 Å². The van der Waals surface area contributed by atoms with Crippen LogP contribution in [0, 0.1) is 6.92 Å². The monoisotopic (exact) mass is 341 g/mol. The van der Waals surface area contributed by atoms with E-state index >= 15 is 0 Å². The van der Waals surface area contributed by atoms with E-state index < -0.39 is 10.0 Å². The van der Waals surface area contributed by atoms with E-state index in [2.05, 4.69) is 9.97 Å². The minimum atomic E-state index is -3.79. The van der Waals surface area contributed by atoms with Crippen molar-refractivity contribution >= 4 is 44.4 Å². The van der Waals surface area contributed by atoms with Crippen molar-refractivity contribution in [3.05, 3.63) is 52.4 Å². The summed E-state index contributed by atoms with van der Waals surface area (Å²) in [6.07, 6.45) is 2.55. The third-order valence-electron chi connectivity index (χ3n) is 2.97. The Kier molecular flexibility index (Phi) is 3.39. The molecular formula is C13H9Cl2N3O2S. The maximum absolute atomic E-state index is 12.7. The smallest absolute Gasteiger partial charge is 0.233 e. The Morgan fingerprint density at radius 2 is 1.81 bits per heavy atom. The molecule has 2 heterocycles.